The monoisotopic (exact) mass is 284 g/mol. The molecular formula is C10H13BrN4O. The Morgan fingerprint density at radius 1 is 1.50 bits per heavy atom. The topological polar surface area (TPSA) is 63.6 Å². The van der Waals surface area contributed by atoms with E-state index in [4.69, 9.17) is 0 Å². The van der Waals surface area contributed by atoms with Gasteiger partial charge in [0.05, 0.1) is 6.20 Å². The van der Waals surface area contributed by atoms with Gasteiger partial charge in [-0.25, -0.2) is 14.8 Å². The first-order valence-corrected chi connectivity index (χ1v) is 6.12. The van der Waals surface area contributed by atoms with Gasteiger partial charge in [-0.2, -0.15) is 0 Å². The Morgan fingerprint density at radius 3 is 3.06 bits per heavy atom. The second-order valence-corrected chi connectivity index (χ2v) is 4.47. The van der Waals surface area contributed by atoms with E-state index in [0.29, 0.717) is 22.4 Å². The molecule has 2 rings (SSSR count). The van der Waals surface area contributed by atoms with Crippen LogP contribution in [0.25, 0.3) is 11.3 Å². The predicted octanol–water partition coefficient (Wildman–Crippen LogP) is 2.07. The number of imidazole rings is 1. The van der Waals surface area contributed by atoms with Crippen molar-refractivity contribution in [3.63, 3.8) is 0 Å². The molecule has 2 aromatic rings. The molecule has 6 heteroatoms. The number of hydrogen-bond donors (Lipinski definition) is 1. The fraction of sp³-hybridized carbons (Fsp3) is 0.500. The molecule has 0 bridgehead atoms. The highest BCUT2D eigenvalue weighted by atomic mass is 79.9. The van der Waals surface area contributed by atoms with Crippen LogP contribution in [0.15, 0.2) is 15.6 Å². The largest absolute Gasteiger partial charge is 0.328 e. The minimum absolute atomic E-state index is 0.135. The Bertz CT molecular complexity index is 545. The lowest BCUT2D eigenvalue weighted by molar-refractivity contribution is 0.597. The summed E-state index contributed by atoms with van der Waals surface area (Å²) in [6, 6.07) is 0. The molecule has 1 N–H and O–H groups in total. The smallest absolute Gasteiger partial charge is 0.289 e. The first-order chi connectivity index (χ1) is 7.72. The van der Waals surface area contributed by atoms with E-state index in [1.807, 2.05) is 0 Å². The summed E-state index contributed by atoms with van der Waals surface area (Å²) in [7, 11) is 0. The van der Waals surface area contributed by atoms with Crippen LogP contribution in [0.1, 0.15) is 26.2 Å². The number of hydrogen-bond acceptors (Lipinski definition) is 3. The number of H-pyrrole nitrogens is 1. The van der Waals surface area contributed by atoms with Crippen LogP contribution in [0.5, 0.6) is 0 Å². The van der Waals surface area contributed by atoms with E-state index < -0.39 is 0 Å². The van der Waals surface area contributed by atoms with Crippen LogP contribution in [0.3, 0.4) is 0 Å². The van der Waals surface area contributed by atoms with E-state index in [0.717, 1.165) is 19.3 Å². The molecule has 16 heavy (non-hydrogen) atoms. The minimum Gasteiger partial charge on any atom is -0.289 e. The third-order valence-electron chi connectivity index (χ3n) is 2.44. The Labute approximate surface area is 101 Å². The molecule has 0 aliphatic carbocycles. The predicted molar refractivity (Wildman–Crippen MR) is 65.4 cm³/mol. The van der Waals surface area contributed by atoms with Gasteiger partial charge in [0, 0.05) is 6.54 Å². The molecular weight excluding hydrogens is 272 g/mol. The first-order valence-electron chi connectivity index (χ1n) is 5.33. The third kappa shape index (κ3) is 2.16. The molecule has 0 aromatic carbocycles. The highest BCUT2D eigenvalue weighted by Crippen LogP contribution is 2.10. The van der Waals surface area contributed by atoms with Crippen LogP contribution >= 0.6 is 15.9 Å². The summed E-state index contributed by atoms with van der Waals surface area (Å²) in [5.74, 6) is 0. The van der Waals surface area contributed by atoms with Crippen LogP contribution in [-0.4, -0.2) is 19.5 Å². The zero-order valence-electron chi connectivity index (χ0n) is 9.03. The maximum absolute atomic E-state index is 11.7. The fourth-order valence-corrected chi connectivity index (χ4v) is 1.90. The number of fused-ring (bicyclic) bond motifs is 1. The molecule has 0 spiro atoms. The van der Waals surface area contributed by atoms with Gasteiger partial charge in [-0.15, -0.1) is 0 Å². The van der Waals surface area contributed by atoms with Crippen molar-refractivity contribution >= 4 is 27.2 Å². The van der Waals surface area contributed by atoms with Crippen LogP contribution in [0, 0.1) is 0 Å². The van der Waals surface area contributed by atoms with Crippen molar-refractivity contribution in [3.8, 4) is 0 Å². The van der Waals surface area contributed by atoms with Crippen LogP contribution in [0.4, 0.5) is 0 Å². The molecule has 86 valence electrons. The van der Waals surface area contributed by atoms with Gasteiger partial charge < -0.3 is 0 Å². The first kappa shape index (κ1) is 11.3. The van der Waals surface area contributed by atoms with Crippen LogP contribution < -0.4 is 5.69 Å². The molecule has 5 nitrogen and oxygen atoms in total. The summed E-state index contributed by atoms with van der Waals surface area (Å²) in [5.41, 5.74) is 1.03. The van der Waals surface area contributed by atoms with Gasteiger partial charge in [-0.05, 0) is 22.4 Å². The number of aromatic amines is 1. The fourth-order valence-electron chi connectivity index (χ4n) is 1.63. The van der Waals surface area contributed by atoms with Gasteiger partial charge in [0.2, 0.25) is 0 Å². The van der Waals surface area contributed by atoms with E-state index in [1.165, 1.54) is 0 Å². The average molecular weight is 285 g/mol. The molecule has 0 aliphatic heterocycles. The van der Waals surface area contributed by atoms with E-state index in [-0.39, 0.29) is 5.69 Å². The Morgan fingerprint density at radius 2 is 2.31 bits per heavy atom. The summed E-state index contributed by atoms with van der Waals surface area (Å²) in [6.07, 6.45) is 4.80. The molecule has 2 aromatic heterocycles. The van der Waals surface area contributed by atoms with Crippen LogP contribution in [-0.2, 0) is 6.54 Å². The Kier molecular flexibility index (Phi) is 3.38. The summed E-state index contributed by atoms with van der Waals surface area (Å²) in [4.78, 5) is 22.7. The van der Waals surface area contributed by atoms with Gasteiger partial charge in [0.1, 0.15) is 4.60 Å². The average Bonchev–Trinajstić information content (AvgIpc) is 2.56. The van der Waals surface area contributed by atoms with Crippen molar-refractivity contribution < 1.29 is 0 Å². The SMILES string of the molecule is CCCCCn1c(=O)[nH]c2ncc(Br)nc21. The molecule has 0 atom stereocenters. The Hall–Kier alpha value is -1.17. The molecule has 0 aliphatic rings. The number of unbranched alkanes of at least 4 members (excludes halogenated alkanes) is 2. The zero-order valence-corrected chi connectivity index (χ0v) is 10.6. The number of nitrogens with one attached hydrogen (secondary N) is 1. The molecule has 0 radical (unpaired) electrons. The molecule has 0 saturated carbocycles. The van der Waals surface area contributed by atoms with Gasteiger partial charge in [-0.3, -0.25) is 9.55 Å². The lowest BCUT2D eigenvalue weighted by atomic mass is 10.2. The van der Waals surface area contributed by atoms with E-state index >= 15 is 0 Å². The number of aryl methyl sites for hydroxylation is 1. The second-order valence-electron chi connectivity index (χ2n) is 3.65. The lowest BCUT2D eigenvalue weighted by Gasteiger charge is -2.01. The van der Waals surface area contributed by atoms with Gasteiger partial charge in [-0.1, -0.05) is 19.8 Å². The van der Waals surface area contributed by atoms with E-state index in [2.05, 4.69) is 37.8 Å². The van der Waals surface area contributed by atoms with E-state index in [9.17, 15) is 4.79 Å². The summed E-state index contributed by atoms with van der Waals surface area (Å²) >= 11 is 3.25. The van der Waals surface area contributed by atoms with Crippen molar-refractivity contribution in [3.05, 3.63) is 21.3 Å². The quantitative estimate of drug-likeness (QED) is 0.875. The normalized spacial score (nSPS) is 11.1. The van der Waals surface area contributed by atoms with Gasteiger partial charge in [0.25, 0.3) is 0 Å². The standard InChI is InChI=1S/C10H13BrN4O/c1-2-3-4-5-15-9-8(14-10(15)16)12-6-7(11)13-9/h6H,2-5H2,1H3,(H,12,14,16). The van der Waals surface area contributed by atoms with Crippen molar-refractivity contribution in [1.29, 1.82) is 0 Å². The highest BCUT2D eigenvalue weighted by molar-refractivity contribution is 9.10. The second kappa shape index (κ2) is 4.78. The minimum atomic E-state index is -0.135. The molecule has 2 heterocycles. The molecule has 0 unspecified atom stereocenters. The van der Waals surface area contributed by atoms with Gasteiger partial charge in [0.15, 0.2) is 11.3 Å². The maximum Gasteiger partial charge on any atom is 0.328 e. The molecule has 0 amide bonds. The zero-order chi connectivity index (χ0) is 11.5. The lowest BCUT2D eigenvalue weighted by Crippen LogP contribution is -2.17. The van der Waals surface area contributed by atoms with E-state index in [1.54, 1.807) is 10.8 Å². The number of nitrogens with zero attached hydrogens (tertiary/aromatic N) is 3. The molecule has 0 fully saturated rings. The number of halogens is 1. The third-order valence-corrected chi connectivity index (χ3v) is 2.82. The molecule has 0 saturated heterocycles. The van der Waals surface area contributed by atoms with Crippen molar-refractivity contribution in [1.82, 2.24) is 19.5 Å². The van der Waals surface area contributed by atoms with Crippen molar-refractivity contribution in [2.75, 3.05) is 0 Å². The van der Waals surface area contributed by atoms with Crippen molar-refractivity contribution in [2.24, 2.45) is 0 Å². The summed E-state index contributed by atoms with van der Waals surface area (Å²) in [5, 5.41) is 0. The van der Waals surface area contributed by atoms with Crippen LogP contribution in [0.2, 0.25) is 0 Å². The Balaban J connectivity index is 2.38. The number of aromatic nitrogens is 4. The summed E-state index contributed by atoms with van der Waals surface area (Å²) in [6.45, 7) is 2.83. The number of rotatable bonds is 4. The maximum atomic E-state index is 11.7. The summed E-state index contributed by atoms with van der Waals surface area (Å²) < 4.78 is 2.28. The van der Waals surface area contributed by atoms with Gasteiger partial charge >= 0.3 is 5.69 Å². The van der Waals surface area contributed by atoms with Crippen molar-refractivity contribution in [2.45, 2.75) is 32.7 Å². The highest BCUT2D eigenvalue weighted by Gasteiger charge is 2.08.